The zero-order valence-electron chi connectivity index (χ0n) is 20.5. The van der Waals surface area contributed by atoms with Gasteiger partial charge in [-0.1, -0.05) is 42.5 Å². The molecule has 0 aromatic heterocycles. The minimum absolute atomic E-state index is 0. The molecule has 0 saturated carbocycles. The number of anilines is 1. The Bertz CT molecular complexity index is 1190. The smallest absolute Gasteiger partial charge is 0.251 e. The molecule has 0 spiro atoms. The number of alkyl halides is 1. The first kappa shape index (κ1) is 28.9. The number of rotatable bonds is 11. The highest BCUT2D eigenvalue weighted by molar-refractivity contribution is 6.27. The van der Waals surface area contributed by atoms with E-state index in [9.17, 15) is 9.59 Å². The molecule has 0 fully saturated rings. The van der Waals surface area contributed by atoms with E-state index in [1.165, 1.54) is 0 Å². The Balaban J connectivity index is 0.00000456. The topological polar surface area (TPSA) is 99.8 Å². The zero-order valence-corrected chi connectivity index (χ0v) is 22.1. The number of fused-ring (bicyclic) bond motifs is 1. The first-order valence-electron chi connectivity index (χ1n) is 11.6. The molecular formula is C27H33Cl2N5O2. The monoisotopic (exact) mass is 529 g/mol. The maximum absolute atomic E-state index is 13.1. The summed E-state index contributed by atoms with van der Waals surface area (Å²) in [5.74, 6) is -0.0232. The van der Waals surface area contributed by atoms with Gasteiger partial charge in [0.05, 0.1) is 5.88 Å². The fourth-order valence-corrected chi connectivity index (χ4v) is 3.72. The minimum atomic E-state index is -0.703. The average Bonchev–Trinajstić information content (AvgIpc) is 2.88. The molecule has 3 rings (SSSR count). The highest BCUT2D eigenvalue weighted by Crippen LogP contribution is 2.22. The zero-order chi connectivity index (χ0) is 25.2. The normalized spacial score (nSPS) is 11.9. The predicted octanol–water partition coefficient (Wildman–Crippen LogP) is 4.12. The third-order valence-corrected chi connectivity index (χ3v) is 5.91. The van der Waals surface area contributed by atoms with Gasteiger partial charge in [0.1, 0.15) is 11.9 Å². The molecule has 36 heavy (non-hydrogen) atoms. The summed E-state index contributed by atoms with van der Waals surface area (Å²) >= 11 is 5.67. The summed E-state index contributed by atoms with van der Waals surface area (Å²) in [6, 6.07) is 20.6. The van der Waals surface area contributed by atoms with Crippen molar-refractivity contribution in [1.29, 1.82) is 0 Å². The fourth-order valence-electron chi connectivity index (χ4n) is 3.63. The van der Waals surface area contributed by atoms with Crippen molar-refractivity contribution in [3.8, 4) is 0 Å². The van der Waals surface area contributed by atoms with Crippen LogP contribution in [-0.2, 0) is 11.3 Å². The fraction of sp³-hybridized carbons (Fsp3) is 0.296. The molecule has 1 atom stereocenters. The quantitative estimate of drug-likeness (QED) is 0.150. The van der Waals surface area contributed by atoms with Gasteiger partial charge >= 0.3 is 0 Å². The number of amidine groups is 1. The SMILES string of the molecule is CN(C)c1ccc2cc(C(=O)N[C@H](CCCN=C(N)CCl)C(=O)NCc3ccccc3)ccc2c1.Cl. The summed E-state index contributed by atoms with van der Waals surface area (Å²) in [5.41, 5.74) is 8.23. The number of nitrogens with one attached hydrogen (secondary N) is 2. The number of benzene rings is 3. The van der Waals surface area contributed by atoms with Crippen molar-refractivity contribution in [1.82, 2.24) is 10.6 Å². The summed E-state index contributed by atoms with van der Waals surface area (Å²) in [6.45, 7) is 0.814. The third-order valence-electron chi connectivity index (χ3n) is 5.64. The Labute approximate surface area is 223 Å². The molecule has 4 N–H and O–H groups in total. The van der Waals surface area contributed by atoms with Gasteiger partial charge in [0.15, 0.2) is 0 Å². The summed E-state index contributed by atoms with van der Waals surface area (Å²) < 4.78 is 0. The van der Waals surface area contributed by atoms with Gasteiger partial charge in [-0.2, -0.15) is 0 Å². The largest absolute Gasteiger partial charge is 0.386 e. The average molecular weight is 531 g/mol. The number of carbonyl (C=O) groups excluding carboxylic acids is 2. The van der Waals surface area contributed by atoms with E-state index in [1.54, 1.807) is 6.07 Å². The number of hydrogen-bond acceptors (Lipinski definition) is 4. The molecule has 0 bridgehead atoms. The summed E-state index contributed by atoms with van der Waals surface area (Å²) in [6.07, 6.45) is 0.998. The lowest BCUT2D eigenvalue weighted by Gasteiger charge is -2.19. The van der Waals surface area contributed by atoms with Crippen LogP contribution < -0.4 is 21.3 Å². The highest BCUT2D eigenvalue weighted by atomic mass is 35.5. The second kappa shape index (κ2) is 14.3. The number of halogens is 2. The first-order valence-corrected chi connectivity index (χ1v) is 12.1. The van der Waals surface area contributed by atoms with Crippen molar-refractivity contribution in [2.75, 3.05) is 31.4 Å². The molecule has 2 amide bonds. The minimum Gasteiger partial charge on any atom is -0.386 e. The number of aliphatic imine (C=N–C) groups is 1. The van der Waals surface area contributed by atoms with Crippen molar-refractivity contribution < 1.29 is 9.59 Å². The van der Waals surface area contributed by atoms with Crippen LogP contribution in [0.25, 0.3) is 10.8 Å². The maximum Gasteiger partial charge on any atom is 0.251 e. The second-order valence-corrected chi connectivity index (χ2v) is 8.79. The molecular weight excluding hydrogens is 497 g/mol. The Kier molecular flexibility index (Phi) is 11.5. The number of nitrogens with zero attached hydrogens (tertiary/aromatic N) is 2. The lowest BCUT2D eigenvalue weighted by Crippen LogP contribution is -2.46. The third kappa shape index (κ3) is 8.43. The molecule has 0 unspecified atom stereocenters. The van der Waals surface area contributed by atoms with Crippen LogP contribution in [0.5, 0.6) is 0 Å². The number of amides is 2. The molecule has 7 nitrogen and oxygen atoms in total. The van der Waals surface area contributed by atoms with Crippen molar-refractivity contribution in [3.05, 3.63) is 77.9 Å². The Morgan fingerprint density at radius 2 is 1.72 bits per heavy atom. The first-order chi connectivity index (χ1) is 16.9. The summed E-state index contributed by atoms with van der Waals surface area (Å²) in [7, 11) is 3.97. The van der Waals surface area contributed by atoms with Crippen LogP contribution in [0.2, 0.25) is 0 Å². The molecule has 0 aliphatic rings. The van der Waals surface area contributed by atoms with E-state index in [4.69, 9.17) is 17.3 Å². The highest BCUT2D eigenvalue weighted by Gasteiger charge is 2.21. The van der Waals surface area contributed by atoms with E-state index in [0.717, 1.165) is 22.0 Å². The van der Waals surface area contributed by atoms with Crippen LogP contribution in [0.4, 0.5) is 5.69 Å². The van der Waals surface area contributed by atoms with Crippen LogP contribution in [0.15, 0.2) is 71.7 Å². The van der Waals surface area contributed by atoms with Gasteiger partial charge in [-0.25, -0.2) is 0 Å². The van der Waals surface area contributed by atoms with Crippen LogP contribution >= 0.6 is 24.0 Å². The Hall–Kier alpha value is -3.29. The molecule has 3 aromatic carbocycles. The maximum atomic E-state index is 13.1. The molecule has 0 heterocycles. The van der Waals surface area contributed by atoms with E-state index in [-0.39, 0.29) is 30.1 Å². The summed E-state index contributed by atoms with van der Waals surface area (Å²) in [4.78, 5) is 32.2. The van der Waals surface area contributed by atoms with Gasteiger partial charge in [-0.05, 0) is 53.4 Å². The van der Waals surface area contributed by atoms with Gasteiger partial charge in [0.25, 0.3) is 5.91 Å². The molecule has 0 radical (unpaired) electrons. The molecule has 3 aromatic rings. The number of carbonyl (C=O) groups is 2. The van der Waals surface area contributed by atoms with Crippen LogP contribution in [0, 0.1) is 0 Å². The molecule has 0 aliphatic heterocycles. The van der Waals surface area contributed by atoms with E-state index >= 15 is 0 Å². The van der Waals surface area contributed by atoms with Crippen LogP contribution in [0.3, 0.4) is 0 Å². The van der Waals surface area contributed by atoms with Crippen molar-refractivity contribution in [2.45, 2.75) is 25.4 Å². The van der Waals surface area contributed by atoms with Gasteiger partial charge in [0.2, 0.25) is 5.91 Å². The molecule has 9 heteroatoms. The second-order valence-electron chi connectivity index (χ2n) is 8.52. The van der Waals surface area contributed by atoms with Gasteiger partial charge in [-0.3, -0.25) is 14.6 Å². The lowest BCUT2D eigenvalue weighted by molar-refractivity contribution is -0.123. The van der Waals surface area contributed by atoms with Gasteiger partial charge in [0, 0.05) is 38.4 Å². The lowest BCUT2D eigenvalue weighted by atomic mass is 10.0. The predicted molar refractivity (Wildman–Crippen MR) is 152 cm³/mol. The molecule has 0 aliphatic carbocycles. The number of hydrogen-bond donors (Lipinski definition) is 3. The van der Waals surface area contributed by atoms with Crippen molar-refractivity contribution >= 4 is 58.1 Å². The van der Waals surface area contributed by atoms with E-state index in [1.807, 2.05) is 73.6 Å². The van der Waals surface area contributed by atoms with Crippen molar-refractivity contribution in [3.63, 3.8) is 0 Å². The molecule has 0 saturated heterocycles. The molecule has 192 valence electrons. The van der Waals surface area contributed by atoms with E-state index in [2.05, 4.69) is 21.7 Å². The summed E-state index contributed by atoms with van der Waals surface area (Å²) in [5, 5.41) is 7.82. The standard InChI is InChI=1S/C27H32ClN5O2.ClH/c1-33(2)23-13-12-20-15-22(11-10-21(20)16-23)26(34)32-24(9-6-14-30-25(29)17-28)27(35)31-18-19-7-4-3-5-8-19;/h3-5,7-8,10-13,15-16,24H,6,9,14,17-18H2,1-2H3,(H2,29,30)(H,31,35)(H,32,34);1H/t24-;/m1./s1. The van der Waals surface area contributed by atoms with E-state index in [0.29, 0.717) is 37.3 Å². The Morgan fingerprint density at radius 3 is 2.42 bits per heavy atom. The van der Waals surface area contributed by atoms with Gasteiger partial charge < -0.3 is 21.3 Å². The van der Waals surface area contributed by atoms with Crippen LogP contribution in [0.1, 0.15) is 28.8 Å². The number of nitrogens with two attached hydrogens (primary N) is 1. The van der Waals surface area contributed by atoms with Crippen molar-refractivity contribution in [2.24, 2.45) is 10.7 Å². The van der Waals surface area contributed by atoms with E-state index < -0.39 is 6.04 Å². The Morgan fingerprint density at radius 1 is 1.03 bits per heavy atom. The van der Waals surface area contributed by atoms with Gasteiger partial charge in [-0.15, -0.1) is 24.0 Å². The van der Waals surface area contributed by atoms with Crippen LogP contribution in [-0.4, -0.2) is 50.2 Å².